The van der Waals surface area contributed by atoms with Crippen molar-refractivity contribution in [3.8, 4) is 11.5 Å². The fraction of sp³-hybridized carbons (Fsp3) is 0.667. The molecule has 27 heavy (non-hydrogen) atoms. The lowest BCUT2D eigenvalue weighted by Crippen LogP contribution is -2.39. The number of fused-ring (bicyclic) bond motifs is 1. The number of nitrogens with zero attached hydrogens (tertiary/aromatic N) is 2. The topological polar surface area (TPSA) is 66.3 Å². The van der Waals surface area contributed by atoms with E-state index in [4.69, 9.17) is 14.5 Å². The number of hydrogen-bond donors (Lipinski definition) is 2. The van der Waals surface area contributed by atoms with E-state index in [0.29, 0.717) is 19.8 Å². The second kappa shape index (κ2) is 10.4. The predicted octanol–water partition coefficient (Wildman–Crippen LogP) is 3.04. The number of guanidine groups is 1. The van der Waals surface area contributed by atoms with Gasteiger partial charge in [-0.1, -0.05) is 19.9 Å². The standard InChI is InChI=1S/C21H35N3O3/c1-5-21(6-2,10-11-25)16-23-20(22-7-3)24(4)15-17-8-9-18-19(14-17)27-13-12-26-18/h8-9,14,25H,5-7,10-13,15-16H2,1-4H3,(H,22,23). The molecule has 152 valence electrons. The van der Waals surface area contributed by atoms with E-state index in [1.165, 1.54) is 0 Å². The third-order valence-corrected chi connectivity index (χ3v) is 5.43. The Morgan fingerprint density at radius 2 is 1.89 bits per heavy atom. The molecule has 6 nitrogen and oxygen atoms in total. The Bertz CT molecular complexity index is 615. The lowest BCUT2D eigenvalue weighted by molar-refractivity contribution is 0.171. The molecule has 0 saturated heterocycles. The van der Waals surface area contributed by atoms with E-state index >= 15 is 0 Å². The highest BCUT2D eigenvalue weighted by Gasteiger charge is 2.25. The summed E-state index contributed by atoms with van der Waals surface area (Å²) in [6.45, 7) is 10.1. The summed E-state index contributed by atoms with van der Waals surface area (Å²) < 4.78 is 11.3. The summed E-state index contributed by atoms with van der Waals surface area (Å²) in [6, 6.07) is 6.09. The van der Waals surface area contributed by atoms with E-state index in [1.807, 2.05) is 19.2 Å². The van der Waals surface area contributed by atoms with Gasteiger partial charge in [-0.25, -0.2) is 0 Å². The third kappa shape index (κ3) is 5.76. The summed E-state index contributed by atoms with van der Waals surface area (Å²) in [7, 11) is 2.05. The molecule has 0 fully saturated rings. The molecular weight excluding hydrogens is 342 g/mol. The average Bonchev–Trinajstić information content (AvgIpc) is 2.70. The predicted molar refractivity (Wildman–Crippen MR) is 110 cm³/mol. The first kappa shape index (κ1) is 21.4. The van der Waals surface area contributed by atoms with Gasteiger partial charge in [-0.2, -0.15) is 0 Å². The zero-order chi connectivity index (χ0) is 19.7. The minimum absolute atomic E-state index is 0.0628. The molecule has 1 aromatic carbocycles. The van der Waals surface area contributed by atoms with Crippen molar-refractivity contribution in [2.75, 3.05) is 40.0 Å². The van der Waals surface area contributed by atoms with Gasteiger partial charge in [0.2, 0.25) is 0 Å². The van der Waals surface area contributed by atoms with Gasteiger partial charge in [0.25, 0.3) is 0 Å². The van der Waals surface area contributed by atoms with Crippen LogP contribution in [0, 0.1) is 5.41 Å². The second-order valence-electron chi connectivity index (χ2n) is 7.18. The zero-order valence-electron chi connectivity index (χ0n) is 17.3. The quantitative estimate of drug-likeness (QED) is 0.511. The number of nitrogens with one attached hydrogen (secondary N) is 1. The molecule has 2 N–H and O–H groups in total. The smallest absolute Gasteiger partial charge is 0.193 e. The second-order valence-corrected chi connectivity index (χ2v) is 7.18. The number of benzene rings is 1. The van der Waals surface area contributed by atoms with E-state index in [1.54, 1.807) is 0 Å². The summed E-state index contributed by atoms with van der Waals surface area (Å²) in [4.78, 5) is 7.02. The normalized spacial score (nSPS) is 14.2. The maximum atomic E-state index is 9.44. The van der Waals surface area contributed by atoms with Crippen LogP contribution in [-0.4, -0.2) is 55.9 Å². The molecule has 1 aliphatic rings. The zero-order valence-corrected chi connectivity index (χ0v) is 17.3. The summed E-state index contributed by atoms with van der Waals surface area (Å²) in [6.07, 6.45) is 2.81. The van der Waals surface area contributed by atoms with Crippen LogP contribution in [0.5, 0.6) is 11.5 Å². The van der Waals surface area contributed by atoms with Crippen molar-refractivity contribution >= 4 is 5.96 Å². The van der Waals surface area contributed by atoms with Crippen LogP contribution in [0.1, 0.15) is 45.6 Å². The Labute approximate surface area is 163 Å². The summed E-state index contributed by atoms with van der Waals surface area (Å²) in [5.41, 5.74) is 1.22. The van der Waals surface area contributed by atoms with Gasteiger partial charge in [0.15, 0.2) is 17.5 Å². The van der Waals surface area contributed by atoms with Crippen molar-refractivity contribution < 1.29 is 14.6 Å². The molecule has 0 bridgehead atoms. The summed E-state index contributed by atoms with van der Waals surface area (Å²) in [5, 5.41) is 12.8. The van der Waals surface area contributed by atoms with Gasteiger partial charge in [-0.3, -0.25) is 4.99 Å². The summed E-state index contributed by atoms with van der Waals surface area (Å²) >= 11 is 0. The van der Waals surface area contributed by atoms with Crippen LogP contribution in [0.2, 0.25) is 0 Å². The largest absolute Gasteiger partial charge is 0.486 e. The van der Waals surface area contributed by atoms with Crippen LogP contribution >= 0.6 is 0 Å². The summed E-state index contributed by atoms with van der Waals surface area (Å²) in [5.74, 6) is 2.51. The molecule has 1 heterocycles. The van der Waals surface area contributed by atoms with Crippen molar-refractivity contribution in [3.63, 3.8) is 0 Å². The SMILES string of the molecule is CCNC(=NCC(CC)(CC)CCO)N(C)Cc1ccc2c(c1)OCCO2. The first-order valence-corrected chi connectivity index (χ1v) is 10.1. The van der Waals surface area contributed by atoms with E-state index in [9.17, 15) is 5.11 Å². The van der Waals surface area contributed by atoms with Crippen LogP contribution < -0.4 is 14.8 Å². The number of ether oxygens (including phenoxy) is 2. The highest BCUT2D eigenvalue weighted by Crippen LogP contribution is 2.32. The number of rotatable bonds is 9. The van der Waals surface area contributed by atoms with Gasteiger partial charge >= 0.3 is 0 Å². The molecule has 0 atom stereocenters. The third-order valence-electron chi connectivity index (χ3n) is 5.43. The molecule has 0 aromatic heterocycles. The van der Waals surface area contributed by atoms with Gasteiger partial charge in [-0.15, -0.1) is 0 Å². The Morgan fingerprint density at radius 1 is 1.19 bits per heavy atom. The van der Waals surface area contributed by atoms with Crippen molar-refractivity contribution in [3.05, 3.63) is 23.8 Å². The van der Waals surface area contributed by atoms with Gasteiger partial charge in [0.1, 0.15) is 13.2 Å². The number of aliphatic imine (C=N–C) groups is 1. The highest BCUT2D eigenvalue weighted by molar-refractivity contribution is 5.79. The van der Waals surface area contributed by atoms with E-state index in [2.05, 4.69) is 37.1 Å². The first-order valence-electron chi connectivity index (χ1n) is 10.1. The van der Waals surface area contributed by atoms with Crippen LogP contribution in [-0.2, 0) is 6.54 Å². The number of aliphatic hydroxyl groups is 1. The molecule has 0 spiro atoms. The number of hydrogen-bond acceptors (Lipinski definition) is 4. The maximum Gasteiger partial charge on any atom is 0.193 e. The van der Waals surface area contributed by atoms with Crippen molar-refractivity contribution in [1.82, 2.24) is 10.2 Å². The Morgan fingerprint density at radius 3 is 2.52 bits per heavy atom. The first-order chi connectivity index (χ1) is 13.1. The molecule has 0 unspecified atom stereocenters. The Hall–Kier alpha value is -1.95. The van der Waals surface area contributed by atoms with Crippen molar-refractivity contribution in [1.29, 1.82) is 0 Å². The van der Waals surface area contributed by atoms with Crippen LogP contribution in [0.3, 0.4) is 0 Å². The Kier molecular flexibility index (Phi) is 8.23. The van der Waals surface area contributed by atoms with Gasteiger partial charge in [-0.05, 0) is 49.3 Å². The lowest BCUT2D eigenvalue weighted by atomic mass is 9.79. The molecule has 6 heteroatoms. The van der Waals surface area contributed by atoms with Crippen molar-refractivity contribution in [2.24, 2.45) is 10.4 Å². The minimum atomic E-state index is 0.0628. The molecule has 2 rings (SSSR count). The average molecular weight is 378 g/mol. The van der Waals surface area contributed by atoms with Gasteiger partial charge in [0.05, 0.1) is 0 Å². The minimum Gasteiger partial charge on any atom is -0.486 e. The molecule has 1 aliphatic heterocycles. The van der Waals surface area contributed by atoms with Crippen LogP contribution in [0.4, 0.5) is 0 Å². The van der Waals surface area contributed by atoms with Gasteiger partial charge < -0.3 is 24.8 Å². The monoisotopic (exact) mass is 377 g/mol. The Balaban J connectivity index is 2.10. The lowest BCUT2D eigenvalue weighted by Gasteiger charge is -2.30. The molecule has 0 aliphatic carbocycles. The van der Waals surface area contributed by atoms with Gasteiger partial charge in [0, 0.05) is 33.3 Å². The molecule has 0 saturated carbocycles. The van der Waals surface area contributed by atoms with Crippen LogP contribution in [0.25, 0.3) is 0 Å². The van der Waals surface area contributed by atoms with Crippen molar-refractivity contribution in [2.45, 2.75) is 46.6 Å². The molecular formula is C21H35N3O3. The molecule has 0 radical (unpaired) electrons. The fourth-order valence-corrected chi connectivity index (χ4v) is 3.39. The van der Waals surface area contributed by atoms with E-state index in [-0.39, 0.29) is 12.0 Å². The fourth-order valence-electron chi connectivity index (χ4n) is 3.39. The van der Waals surface area contributed by atoms with E-state index in [0.717, 1.165) is 55.4 Å². The number of aliphatic hydroxyl groups excluding tert-OH is 1. The van der Waals surface area contributed by atoms with E-state index < -0.39 is 0 Å². The van der Waals surface area contributed by atoms with Crippen LogP contribution in [0.15, 0.2) is 23.2 Å². The molecule has 0 amide bonds. The maximum absolute atomic E-state index is 9.44. The highest BCUT2D eigenvalue weighted by atomic mass is 16.6. The molecule has 1 aromatic rings.